The van der Waals surface area contributed by atoms with Crippen molar-refractivity contribution < 1.29 is 26.7 Å². The van der Waals surface area contributed by atoms with Gasteiger partial charge in [-0.3, -0.25) is 0 Å². The minimum Gasteiger partial charge on any atom is -0.858 e. The number of hydrogen-bond acceptors (Lipinski definition) is 3. The summed E-state index contributed by atoms with van der Waals surface area (Å²) >= 11 is 0. The summed E-state index contributed by atoms with van der Waals surface area (Å²) in [6.07, 6.45) is 0. The molecule has 9 heteroatoms. The largest absolute Gasteiger partial charge is 0.858 e. The second-order valence-corrected chi connectivity index (χ2v) is 4.57. The quantitative estimate of drug-likeness (QED) is 0.463. The smallest absolute Gasteiger partial charge is 0.518 e. The average molecular weight is 277 g/mol. The molecule has 0 N–H and O–H groups in total. The Morgan fingerprint density at radius 1 is 1.28 bits per heavy atom. The third kappa shape index (κ3) is 2.98. The van der Waals surface area contributed by atoms with E-state index in [0.29, 0.717) is 0 Å². The van der Waals surface area contributed by atoms with Crippen LogP contribution >= 0.6 is 0 Å². The molecule has 0 aliphatic carbocycles. The van der Waals surface area contributed by atoms with Crippen LogP contribution in [0.1, 0.15) is 5.56 Å². The zero-order chi connectivity index (χ0) is 14.0. The molecule has 0 spiro atoms. The standard InChI is InChI=1S/C9H5F3N2O3S/c1-13-7-4-2-6(3-5-7)8(15)14-18(16,17)9(10,11)12/h2-5H,(H,14,15)/p-1. The molecule has 0 atom stereocenters. The van der Waals surface area contributed by atoms with Crippen molar-refractivity contribution in [1.29, 1.82) is 0 Å². The van der Waals surface area contributed by atoms with Gasteiger partial charge >= 0.3 is 15.5 Å². The average Bonchev–Trinajstić information content (AvgIpc) is 2.27. The molecule has 0 bridgehead atoms. The Morgan fingerprint density at radius 2 is 1.78 bits per heavy atom. The van der Waals surface area contributed by atoms with Crippen molar-refractivity contribution in [2.75, 3.05) is 0 Å². The molecule has 0 radical (unpaired) electrons. The zero-order valence-corrected chi connectivity index (χ0v) is 9.29. The normalized spacial score (nSPS) is 13.1. The minimum atomic E-state index is -5.85. The first-order chi connectivity index (χ1) is 8.17. The van der Waals surface area contributed by atoms with E-state index in [-0.39, 0.29) is 11.3 Å². The molecule has 0 aromatic heterocycles. The van der Waals surface area contributed by atoms with Crippen molar-refractivity contribution in [2.45, 2.75) is 5.51 Å². The number of halogens is 3. The predicted octanol–water partition coefficient (Wildman–Crippen LogP) is 1.19. The lowest BCUT2D eigenvalue weighted by Crippen LogP contribution is -2.27. The number of alkyl halides is 3. The van der Waals surface area contributed by atoms with Crippen molar-refractivity contribution in [3.05, 3.63) is 41.2 Å². The Kier molecular flexibility index (Phi) is 3.62. The molecule has 5 nitrogen and oxygen atoms in total. The van der Waals surface area contributed by atoms with E-state index in [1.165, 1.54) is 0 Å². The fourth-order valence-electron chi connectivity index (χ4n) is 0.892. The molecule has 0 aliphatic rings. The van der Waals surface area contributed by atoms with Crippen LogP contribution in [0.5, 0.6) is 0 Å². The molecule has 0 heterocycles. The van der Waals surface area contributed by atoms with Gasteiger partial charge in [-0.1, -0.05) is 24.3 Å². The van der Waals surface area contributed by atoms with Crippen LogP contribution < -0.4 is 5.11 Å². The van der Waals surface area contributed by atoms with E-state index in [0.717, 1.165) is 24.3 Å². The van der Waals surface area contributed by atoms with E-state index in [9.17, 15) is 26.7 Å². The molecule has 0 saturated heterocycles. The summed E-state index contributed by atoms with van der Waals surface area (Å²) in [5.74, 6) is -1.54. The van der Waals surface area contributed by atoms with Gasteiger partial charge in [-0.2, -0.15) is 26.0 Å². The summed E-state index contributed by atoms with van der Waals surface area (Å²) in [7, 11) is -5.85. The van der Waals surface area contributed by atoms with E-state index < -0.39 is 21.4 Å². The van der Waals surface area contributed by atoms with Crippen molar-refractivity contribution in [1.82, 2.24) is 0 Å². The van der Waals surface area contributed by atoms with Gasteiger partial charge in [0.05, 0.1) is 6.57 Å². The molecule has 1 rings (SSSR count). The lowest BCUT2D eigenvalue weighted by Gasteiger charge is -2.11. The molecule has 0 saturated carbocycles. The van der Waals surface area contributed by atoms with Crippen molar-refractivity contribution >= 4 is 21.6 Å². The van der Waals surface area contributed by atoms with Gasteiger partial charge in [0.25, 0.3) is 0 Å². The number of rotatable bonds is 2. The monoisotopic (exact) mass is 277 g/mol. The van der Waals surface area contributed by atoms with Crippen LogP contribution in [0.2, 0.25) is 0 Å². The molecule has 1 aromatic carbocycles. The number of nitrogens with zero attached hydrogens (tertiary/aromatic N) is 2. The highest BCUT2D eigenvalue weighted by Gasteiger charge is 2.45. The summed E-state index contributed by atoms with van der Waals surface area (Å²) in [4.78, 5) is 2.99. The highest BCUT2D eigenvalue weighted by molar-refractivity contribution is 7.91. The molecule has 96 valence electrons. The summed E-state index contributed by atoms with van der Waals surface area (Å²) in [5, 5.41) is 11.2. The van der Waals surface area contributed by atoms with Crippen molar-refractivity contribution in [3.63, 3.8) is 0 Å². The maximum Gasteiger partial charge on any atom is 0.518 e. The molecule has 0 fully saturated rings. The maximum absolute atomic E-state index is 12.0. The third-order valence-corrected chi connectivity index (χ3v) is 2.73. The Hall–Kier alpha value is -2.08. The second-order valence-electron chi connectivity index (χ2n) is 2.98. The van der Waals surface area contributed by atoms with E-state index in [4.69, 9.17) is 6.57 Å². The van der Waals surface area contributed by atoms with Crippen molar-refractivity contribution in [3.8, 4) is 0 Å². The Balaban J connectivity index is 3.15. The van der Waals surface area contributed by atoms with Gasteiger partial charge in [0, 0.05) is 5.90 Å². The topological polar surface area (TPSA) is 73.9 Å². The minimum absolute atomic E-state index is 0.158. The fraction of sp³-hybridized carbons (Fsp3) is 0.111. The number of sulfonamides is 1. The van der Waals surface area contributed by atoms with Gasteiger partial charge in [-0.15, -0.1) is 0 Å². The fourth-order valence-corrected chi connectivity index (χ4v) is 1.32. The van der Waals surface area contributed by atoms with Gasteiger partial charge in [0.2, 0.25) is 0 Å². The highest BCUT2D eigenvalue weighted by Crippen LogP contribution is 2.25. The Bertz CT molecular complexity index is 612. The van der Waals surface area contributed by atoms with Gasteiger partial charge in [0.15, 0.2) is 5.69 Å². The van der Waals surface area contributed by atoms with Gasteiger partial charge < -0.3 is 5.11 Å². The maximum atomic E-state index is 12.0. The van der Waals surface area contributed by atoms with Crippen LogP contribution in [-0.2, 0) is 10.0 Å². The van der Waals surface area contributed by atoms with E-state index in [1.807, 2.05) is 0 Å². The lowest BCUT2D eigenvalue weighted by molar-refractivity contribution is -0.212. The number of hydrogen-bond donors (Lipinski definition) is 0. The van der Waals surface area contributed by atoms with E-state index >= 15 is 0 Å². The molecular weight excluding hydrogens is 273 g/mol. The van der Waals surface area contributed by atoms with Crippen LogP contribution in [-0.4, -0.2) is 19.8 Å². The highest BCUT2D eigenvalue weighted by atomic mass is 32.2. The van der Waals surface area contributed by atoms with Crippen LogP contribution in [0.4, 0.5) is 18.9 Å². The summed E-state index contributed by atoms with van der Waals surface area (Å²) in [6, 6.07) is 4.36. The SMILES string of the molecule is [C-]#[N+]c1ccc(/C([O-])=N/S(=O)(=O)C(F)(F)F)cc1. The number of benzene rings is 1. The first kappa shape index (κ1) is 14.0. The molecule has 18 heavy (non-hydrogen) atoms. The molecule has 0 unspecified atom stereocenters. The first-order valence-corrected chi connectivity index (χ1v) is 5.67. The second kappa shape index (κ2) is 4.66. The van der Waals surface area contributed by atoms with E-state index in [1.54, 1.807) is 0 Å². The molecule has 0 aliphatic heterocycles. The Morgan fingerprint density at radius 3 is 2.17 bits per heavy atom. The summed E-state index contributed by atoms with van der Waals surface area (Å²) in [6.45, 7) is 6.62. The molecule has 0 amide bonds. The summed E-state index contributed by atoms with van der Waals surface area (Å²) < 4.78 is 59.2. The first-order valence-electron chi connectivity index (χ1n) is 4.23. The predicted molar refractivity (Wildman–Crippen MR) is 54.2 cm³/mol. The third-order valence-electron chi connectivity index (χ3n) is 1.74. The molecular formula is C9H4F3N2O3S-. The van der Waals surface area contributed by atoms with Crippen LogP contribution in [0, 0.1) is 6.57 Å². The van der Waals surface area contributed by atoms with Gasteiger partial charge in [-0.25, -0.2) is 4.85 Å². The Labute approximate surface area is 100 Å². The van der Waals surface area contributed by atoms with Gasteiger partial charge in [-0.05, 0) is 5.56 Å². The summed E-state index contributed by atoms with van der Waals surface area (Å²) in [5.41, 5.74) is -5.81. The van der Waals surface area contributed by atoms with E-state index in [2.05, 4.69) is 9.24 Å². The van der Waals surface area contributed by atoms with Gasteiger partial charge in [0.1, 0.15) is 0 Å². The molecule has 1 aromatic rings. The van der Waals surface area contributed by atoms with Crippen LogP contribution in [0.25, 0.3) is 4.85 Å². The zero-order valence-electron chi connectivity index (χ0n) is 8.47. The van der Waals surface area contributed by atoms with Crippen LogP contribution in [0.15, 0.2) is 28.7 Å². The lowest BCUT2D eigenvalue weighted by atomic mass is 10.2. The van der Waals surface area contributed by atoms with Crippen molar-refractivity contribution in [2.24, 2.45) is 4.40 Å². The van der Waals surface area contributed by atoms with Crippen LogP contribution in [0.3, 0.4) is 0 Å².